The van der Waals surface area contributed by atoms with Crippen LogP contribution in [0.1, 0.15) is 53.0 Å². The minimum absolute atomic E-state index is 0.260. The van der Waals surface area contributed by atoms with Gasteiger partial charge in [-0.2, -0.15) is 0 Å². The molecule has 1 aromatic heterocycles. The molecule has 2 unspecified atom stereocenters. The van der Waals surface area contributed by atoms with E-state index in [-0.39, 0.29) is 6.10 Å². The summed E-state index contributed by atoms with van der Waals surface area (Å²) in [5, 5.41) is 6.84. The van der Waals surface area contributed by atoms with E-state index in [4.69, 9.17) is 9.73 Å². The molecule has 2 rings (SSSR count). The second-order valence-corrected chi connectivity index (χ2v) is 7.86. The number of nitrogens with one attached hydrogen (secondary N) is 2. The van der Waals surface area contributed by atoms with Crippen molar-refractivity contribution in [3.8, 4) is 0 Å². The minimum Gasteiger partial charge on any atom is -0.375 e. The van der Waals surface area contributed by atoms with E-state index >= 15 is 0 Å². The van der Waals surface area contributed by atoms with Gasteiger partial charge in [0.25, 0.3) is 0 Å². The highest BCUT2D eigenvalue weighted by atomic mass is 16.5. The fraction of sp³-hybridized carbons (Fsp3) is 0.714. The number of aromatic nitrogens is 1. The minimum atomic E-state index is 0.260. The maximum atomic E-state index is 5.60. The summed E-state index contributed by atoms with van der Waals surface area (Å²) in [6.45, 7) is 15.0. The molecule has 152 valence electrons. The Hall–Kier alpha value is -1.82. The lowest BCUT2D eigenvalue weighted by molar-refractivity contribution is 0.0529. The predicted molar refractivity (Wildman–Crippen MR) is 113 cm³/mol. The van der Waals surface area contributed by atoms with Crippen LogP contribution in [0.5, 0.6) is 0 Å². The van der Waals surface area contributed by atoms with Crippen LogP contribution in [0.4, 0.5) is 5.82 Å². The molecule has 2 N–H and O–H groups in total. The Morgan fingerprint density at radius 1 is 1.33 bits per heavy atom. The molecule has 0 aromatic carbocycles. The van der Waals surface area contributed by atoms with Gasteiger partial charge in [0.15, 0.2) is 5.96 Å². The number of nitrogens with zero attached hydrogens (tertiary/aromatic N) is 3. The first-order chi connectivity index (χ1) is 13.0. The van der Waals surface area contributed by atoms with Crippen LogP contribution < -0.4 is 15.5 Å². The third-order valence-corrected chi connectivity index (χ3v) is 4.70. The molecule has 1 aliphatic heterocycles. The molecule has 0 saturated carbocycles. The predicted octanol–water partition coefficient (Wildman–Crippen LogP) is 3.19. The molecule has 0 amide bonds. The number of pyridine rings is 1. The lowest BCUT2D eigenvalue weighted by Gasteiger charge is -2.32. The first-order valence-corrected chi connectivity index (χ1v) is 10.3. The molecule has 6 heteroatoms. The summed E-state index contributed by atoms with van der Waals surface area (Å²) in [6.07, 6.45) is 4.57. The van der Waals surface area contributed by atoms with Crippen LogP contribution in [0.3, 0.4) is 0 Å². The molecule has 0 bridgehead atoms. The molecule has 1 aliphatic rings. The highest BCUT2D eigenvalue weighted by Crippen LogP contribution is 2.15. The summed E-state index contributed by atoms with van der Waals surface area (Å²) in [4.78, 5) is 11.6. The van der Waals surface area contributed by atoms with E-state index in [1.54, 1.807) is 0 Å². The maximum Gasteiger partial charge on any atom is 0.191 e. The highest BCUT2D eigenvalue weighted by Gasteiger charge is 2.17. The van der Waals surface area contributed by atoms with Crippen molar-refractivity contribution in [3.05, 3.63) is 23.9 Å². The van der Waals surface area contributed by atoms with Crippen LogP contribution in [0, 0.1) is 5.92 Å². The molecular weight excluding hydrogens is 338 g/mol. The van der Waals surface area contributed by atoms with E-state index in [0.29, 0.717) is 12.6 Å². The number of morpholine rings is 1. The lowest BCUT2D eigenvalue weighted by Crippen LogP contribution is -2.42. The topological polar surface area (TPSA) is 61.8 Å². The molecule has 0 radical (unpaired) electrons. The van der Waals surface area contributed by atoms with Crippen LogP contribution in [0.2, 0.25) is 0 Å². The number of hydrogen-bond donors (Lipinski definition) is 2. The van der Waals surface area contributed by atoms with Crippen molar-refractivity contribution < 1.29 is 4.74 Å². The Labute approximate surface area is 164 Å². The van der Waals surface area contributed by atoms with Gasteiger partial charge >= 0.3 is 0 Å². The third kappa shape index (κ3) is 7.75. The fourth-order valence-electron chi connectivity index (χ4n) is 3.10. The normalized spacial score (nSPS) is 19.3. The van der Waals surface area contributed by atoms with Gasteiger partial charge in [0.2, 0.25) is 0 Å². The summed E-state index contributed by atoms with van der Waals surface area (Å²) in [5.74, 6) is 2.62. The molecule has 2 heterocycles. The molecule has 0 aliphatic carbocycles. The van der Waals surface area contributed by atoms with Crippen molar-refractivity contribution in [2.45, 2.75) is 66.2 Å². The number of anilines is 1. The van der Waals surface area contributed by atoms with E-state index in [1.165, 1.54) is 6.42 Å². The molecule has 1 aromatic rings. The molecule has 1 fully saturated rings. The van der Waals surface area contributed by atoms with Gasteiger partial charge in [-0.1, -0.05) is 19.9 Å². The first kappa shape index (κ1) is 21.5. The molecule has 2 atom stereocenters. The third-order valence-electron chi connectivity index (χ3n) is 4.70. The first-order valence-electron chi connectivity index (χ1n) is 10.3. The smallest absolute Gasteiger partial charge is 0.191 e. The number of hydrogen-bond acceptors (Lipinski definition) is 4. The Bertz CT molecular complexity index is 572. The number of guanidine groups is 1. The van der Waals surface area contributed by atoms with Gasteiger partial charge in [0, 0.05) is 31.9 Å². The van der Waals surface area contributed by atoms with Gasteiger partial charge in [0.05, 0.1) is 19.3 Å². The molecule has 1 saturated heterocycles. The standard InChI is InChI=1S/C21H37N5O/c1-6-22-21(25-17(4)8-7-16(2)3)24-14-19-9-10-20(23-13-19)26-11-12-27-18(5)15-26/h9-10,13,16-18H,6-8,11-12,14-15H2,1-5H3,(H2,22,24,25). The highest BCUT2D eigenvalue weighted by molar-refractivity contribution is 5.80. The molecular formula is C21H37N5O. The largest absolute Gasteiger partial charge is 0.375 e. The quantitative estimate of drug-likeness (QED) is 0.540. The molecule has 6 nitrogen and oxygen atoms in total. The van der Waals surface area contributed by atoms with E-state index in [1.807, 2.05) is 6.20 Å². The van der Waals surface area contributed by atoms with Gasteiger partial charge in [-0.25, -0.2) is 9.98 Å². The zero-order chi connectivity index (χ0) is 19.6. The average molecular weight is 376 g/mol. The molecule has 0 spiro atoms. The monoisotopic (exact) mass is 375 g/mol. The van der Waals surface area contributed by atoms with E-state index in [0.717, 1.165) is 55.9 Å². The number of ether oxygens (including phenoxy) is 1. The van der Waals surface area contributed by atoms with Crippen molar-refractivity contribution in [1.82, 2.24) is 15.6 Å². The second-order valence-electron chi connectivity index (χ2n) is 7.86. The van der Waals surface area contributed by atoms with Crippen LogP contribution in [0.15, 0.2) is 23.3 Å². The summed E-state index contributed by atoms with van der Waals surface area (Å²) in [5.41, 5.74) is 1.12. The van der Waals surface area contributed by atoms with Gasteiger partial charge in [0.1, 0.15) is 5.82 Å². The summed E-state index contributed by atoms with van der Waals surface area (Å²) >= 11 is 0. The van der Waals surface area contributed by atoms with Crippen molar-refractivity contribution in [3.63, 3.8) is 0 Å². The Morgan fingerprint density at radius 3 is 2.78 bits per heavy atom. The maximum absolute atomic E-state index is 5.60. The zero-order valence-electron chi connectivity index (χ0n) is 17.7. The average Bonchev–Trinajstić information content (AvgIpc) is 2.65. The van der Waals surface area contributed by atoms with Crippen molar-refractivity contribution in [1.29, 1.82) is 0 Å². The van der Waals surface area contributed by atoms with Crippen LogP contribution in [-0.2, 0) is 11.3 Å². The van der Waals surface area contributed by atoms with Crippen LogP contribution in [-0.4, -0.2) is 49.3 Å². The van der Waals surface area contributed by atoms with Gasteiger partial charge in [-0.05, 0) is 51.2 Å². The van der Waals surface area contributed by atoms with Crippen molar-refractivity contribution in [2.75, 3.05) is 31.1 Å². The Kier molecular flexibility index (Phi) is 8.85. The van der Waals surface area contributed by atoms with Crippen molar-refractivity contribution >= 4 is 11.8 Å². The Morgan fingerprint density at radius 2 is 2.15 bits per heavy atom. The van der Waals surface area contributed by atoms with Crippen LogP contribution in [0.25, 0.3) is 0 Å². The SMILES string of the molecule is CCNC(=NCc1ccc(N2CCOC(C)C2)nc1)NC(C)CCC(C)C. The van der Waals surface area contributed by atoms with Gasteiger partial charge < -0.3 is 20.3 Å². The summed E-state index contributed by atoms with van der Waals surface area (Å²) < 4.78 is 5.60. The van der Waals surface area contributed by atoms with Crippen molar-refractivity contribution in [2.24, 2.45) is 10.9 Å². The van der Waals surface area contributed by atoms with Crippen LogP contribution >= 0.6 is 0 Å². The molecule has 27 heavy (non-hydrogen) atoms. The van der Waals surface area contributed by atoms with Gasteiger partial charge in [-0.15, -0.1) is 0 Å². The van der Waals surface area contributed by atoms with E-state index in [2.05, 4.69) is 67.3 Å². The summed E-state index contributed by atoms with van der Waals surface area (Å²) in [6, 6.07) is 4.63. The zero-order valence-corrected chi connectivity index (χ0v) is 17.7. The summed E-state index contributed by atoms with van der Waals surface area (Å²) in [7, 11) is 0. The Balaban J connectivity index is 1.90. The second kappa shape index (κ2) is 11.1. The van der Waals surface area contributed by atoms with E-state index in [9.17, 15) is 0 Å². The fourth-order valence-corrected chi connectivity index (χ4v) is 3.10. The van der Waals surface area contributed by atoms with E-state index < -0.39 is 0 Å². The van der Waals surface area contributed by atoms with Gasteiger partial charge in [-0.3, -0.25) is 0 Å². The lowest BCUT2D eigenvalue weighted by atomic mass is 10.0. The number of rotatable bonds is 8. The number of aliphatic imine (C=N–C) groups is 1.